The highest BCUT2D eigenvalue weighted by Gasteiger charge is 2.13. The fourth-order valence-electron chi connectivity index (χ4n) is 2.47. The summed E-state index contributed by atoms with van der Waals surface area (Å²) in [6.45, 7) is 3.76. The lowest BCUT2D eigenvalue weighted by molar-refractivity contribution is -0.134. The number of esters is 1. The standard InChI is InChI=1S/C19H20BrClO4/c1-11-7-14(8-12(2)19(11)21)25-18(22)6-5-13-9-16(23-3)17(24-4)10-15(13)20/h7-10H,5-6H2,1-4H3. The van der Waals surface area contributed by atoms with E-state index in [-0.39, 0.29) is 12.4 Å². The molecule has 0 fully saturated rings. The number of hydrogen-bond donors (Lipinski definition) is 0. The van der Waals surface area contributed by atoms with Crippen LogP contribution in [-0.2, 0) is 11.2 Å². The van der Waals surface area contributed by atoms with Crippen LogP contribution in [0.25, 0.3) is 0 Å². The first-order chi connectivity index (χ1) is 11.8. The molecule has 2 aromatic rings. The molecule has 0 spiro atoms. The molecule has 0 aromatic heterocycles. The fourth-order valence-corrected chi connectivity index (χ4v) is 3.10. The minimum Gasteiger partial charge on any atom is -0.493 e. The van der Waals surface area contributed by atoms with Crippen molar-refractivity contribution in [1.82, 2.24) is 0 Å². The molecule has 0 aliphatic rings. The molecule has 0 saturated heterocycles. The van der Waals surface area contributed by atoms with E-state index >= 15 is 0 Å². The Kier molecular flexibility index (Phi) is 6.73. The maximum Gasteiger partial charge on any atom is 0.311 e. The molecule has 0 bridgehead atoms. The minimum atomic E-state index is -0.303. The first-order valence-corrected chi connectivity index (χ1v) is 8.90. The molecule has 134 valence electrons. The van der Waals surface area contributed by atoms with E-state index in [0.29, 0.717) is 28.7 Å². The summed E-state index contributed by atoms with van der Waals surface area (Å²) < 4.78 is 16.8. The third-order valence-corrected chi connectivity index (χ3v) is 5.13. The van der Waals surface area contributed by atoms with Crippen LogP contribution in [0.1, 0.15) is 23.1 Å². The second-order valence-corrected chi connectivity index (χ2v) is 6.88. The van der Waals surface area contributed by atoms with Gasteiger partial charge in [-0.25, -0.2) is 0 Å². The quantitative estimate of drug-likeness (QED) is 0.465. The Labute approximate surface area is 161 Å². The molecule has 0 aliphatic heterocycles. The summed E-state index contributed by atoms with van der Waals surface area (Å²) in [5.41, 5.74) is 2.71. The predicted molar refractivity (Wildman–Crippen MR) is 102 cm³/mol. The molecule has 0 N–H and O–H groups in total. The molecule has 6 heteroatoms. The van der Waals surface area contributed by atoms with E-state index in [9.17, 15) is 4.79 Å². The number of carbonyl (C=O) groups is 1. The van der Waals surface area contributed by atoms with Gasteiger partial charge in [0.2, 0.25) is 0 Å². The smallest absolute Gasteiger partial charge is 0.311 e. The third-order valence-electron chi connectivity index (χ3n) is 3.79. The Balaban J connectivity index is 2.05. The number of ether oxygens (including phenoxy) is 3. The molecule has 0 amide bonds. The van der Waals surface area contributed by atoms with Gasteiger partial charge in [-0.15, -0.1) is 0 Å². The SMILES string of the molecule is COc1cc(Br)c(CCC(=O)Oc2cc(C)c(Cl)c(C)c2)cc1OC. The molecule has 2 aromatic carbocycles. The van der Waals surface area contributed by atoms with Gasteiger partial charge in [-0.2, -0.15) is 0 Å². The number of rotatable bonds is 6. The number of aryl methyl sites for hydroxylation is 3. The Morgan fingerprint density at radius 2 is 1.60 bits per heavy atom. The van der Waals surface area contributed by atoms with E-state index in [0.717, 1.165) is 21.2 Å². The number of hydrogen-bond acceptors (Lipinski definition) is 4. The highest BCUT2D eigenvalue weighted by Crippen LogP contribution is 2.34. The van der Waals surface area contributed by atoms with E-state index in [1.165, 1.54) is 0 Å². The zero-order chi connectivity index (χ0) is 18.6. The lowest BCUT2D eigenvalue weighted by Crippen LogP contribution is -2.09. The van der Waals surface area contributed by atoms with Crippen molar-refractivity contribution < 1.29 is 19.0 Å². The van der Waals surface area contributed by atoms with Crippen LogP contribution >= 0.6 is 27.5 Å². The Hall–Kier alpha value is -1.72. The predicted octanol–water partition coefficient (Wildman–Crippen LogP) is 5.27. The van der Waals surface area contributed by atoms with Gasteiger partial charge in [-0.3, -0.25) is 4.79 Å². The molecule has 4 nitrogen and oxygen atoms in total. The zero-order valence-corrected chi connectivity index (χ0v) is 17.0. The lowest BCUT2D eigenvalue weighted by atomic mass is 10.1. The number of carbonyl (C=O) groups excluding carboxylic acids is 1. The first kappa shape index (κ1) is 19.6. The van der Waals surface area contributed by atoms with Crippen molar-refractivity contribution in [3.63, 3.8) is 0 Å². The van der Waals surface area contributed by atoms with Crippen LogP contribution in [0.2, 0.25) is 5.02 Å². The van der Waals surface area contributed by atoms with Crippen molar-refractivity contribution in [3.05, 3.63) is 50.5 Å². The van der Waals surface area contributed by atoms with Crippen molar-refractivity contribution in [2.24, 2.45) is 0 Å². The molecule has 2 rings (SSSR count). The molecule has 0 heterocycles. The second kappa shape index (κ2) is 8.59. The minimum absolute atomic E-state index is 0.245. The Morgan fingerprint density at radius 1 is 1.04 bits per heavy atom. The highest BCUT2D eigenvalue weighted by atomic mass is 79.9. The monoisotopic (exact) mass is 426 g/mol. The second-order valence-electron chi connectivity index (χ2n) is 5.64. The van der Waals surface area contributed by atoms with Crippen molar-refractivity contribution in [1.29, 1.82) is 0 Å². The summed E-state index contributed by atoms with van der Waals surface area (Å²) >= 11 is 9.62. The van der Waals surface area contributed by atoms with Gasteiger partial charge in [-0.05, 0) is 61.2 Å². The van der Waals surface area contributed by atoms with Gasteiger partial charge in [0, 0.05) is 9.50 Å². The van der Waals surface area contributed by atoms with E-state index < -0.39 is 0 Å². The fraction of sp³-hybridized carbons (Fsp3) is 0.316. The highest BCUT2D eigenvalue weighted by molar-refractivity contribution is 9.10. The van der Waals surface area contributed by atoms with E-state index in [1.54, 1.807) is 26.4 Å². The van der Waals surface area contributed by atoms with Gasteiger partial charge in [0.25, 0.3) is 0 Å². The topological polar surface area (TPSA) is 44.8 Å². The number of halogens is 2. The first-order valence-electron chi connectivity index (χ1n) is 7.73. The Morgan fingerprint density at radius 3 is 2.16 bits per heavy atom. The molecule has 0 aliphatic carbocycles. The molecular weight excluding hydrogens is 408 g/mol. The van der Waals surface area contributed by atoms with Gasteiger partial charge >= 0.3 is 5.97 Å². The third kappa shape index (κ3) is 4.89. The molecule has 0 saturated carbocycles. The van der Waals surface area contributed by atoms with Crippen LogP contribution in [0.15, 0.2) is 28.7 Å². The Bertz CT molecular complexity index is 766. The van der Waals surface area contributed by atoms with Crippen LogP contribution in [0, 0.1) is 13.8 Å². The van der Waals surface area contributed by atoms with Gasteiger partial charge in [0.05, 0.1) is 20.6 Å². The summed E-state index contributed by atoms with van der Waals surface area (Å²) in [5.74, 6) is 1.46. The molecule has 25 heavy (non-hydrogen) atoms. The average molecular weight is 428 g/mol. The van der Waals surface area contributed by atoms with Crippen LogP contribution in [0.5, 0.6) is 17.2 Å². The van der Waals surface area contributed by atoms with Crippen molar-refractivity contribution in [2.75, 3.05) is 14.2 Å². The lowest BCUT2D eigenvalue weighted by Gasteiger charge is -2.12. The van der Waals surface area contributed by atoms with Gasteiger partial charge < -0.3 is 14.2 Å². The average Bonchev–Trinajstić information content (AvgIpc) is 2.58. The molecule has 0 unspecified atom stereocenters. The summed E-state index contributed by atoms with van der Waals surface area (Å²) in [5, 5.41) is 0.689. The van der Waals surface area contributed by atoms with Crippen molar-refractivity contribution in [2.45, 2.75) is 26.7 Å². The van der Waals surface area contributed by atoms with Crippen molar-refractivity contribution >= 4 is 33.5 Å². The van der Waals surface area contributed by atoms with Gasteiger partial charge in [0.15, 0.2) is 11.5 Å². The molecule has 0 radical (unpaired) electrons. The maximum atomic E-state index is 12.2. The molecular formula is C19H20BrClO4. The van der Waals surface area contributed by atoms with E-state index in [2.05, 4.69) is 15.9 Å². The number of benzene rings is 2. The normalized spacial score (nSPS) is 10.5. The van der Waals surface area contributed by atoms with Crippen molar-refractivity contribution in [3.8, 4) is 17.2 Å². The maximum absolute atomic E-state index is 12.2. The van der Waals surface area contributed by atoms with Crippen LogP contribution in [0.4, 0.5) is 0 Å². The summed E-state index contributed by atoms with van der Waals surface area (Å²) in [6.07, 6.45) is 0.764. The van der Waals surface area contributed by atoms with E-state index in [4.69, 9.17) is 25.8 Å². The van der Waals surface area contributed by atoms with Crippen LogP contribution < -0.4 is 14.2 Å². The van der Waals surface area contributed by atoms with Gasteiger partial charge in [-0.1, -0.05) is 27.5 Å². The summed E-state index contributed by atoms with van der Waals surface area (Å²) in [6, 6.07) is 7.21. The molecule has 0 atom stereocenters. The summed E-state index contributed by atoms with van der Waals surface area (Å²) in [4.78, 5) is 12.2. The summed E-state index contributed by atoms with van der Waals surface area (Å²) in [7, 11) is 3.16. The zero-order valence-electron chi connectivity index (χ0n) is 14.6. The van der Waals surface area contributed by atoms with Gasteiger partial charge in [0.1, 0.15) is 5.75 Å². The number of methoxy groups -OCH3 is 2. The van der Waals surface area contributed by atoms with Crippen LogP contribution in [0.3, 0.4) is 0 Å². The largest absolute Gasteiger partial charge is 0.493 e. The van der Waals surface area contributed by atoms with Crippen LogP contribution in [-0.4, -0.2) is 20.2 Å². The van der Waals surface area contributed by atoms with E-state index in [1.807, 2.05) is 26.0 Å².